The fourth-order valence-corrected chi connectivity index (χ4v) is 0.923. The van der Waals surface area contributed by atoms with Gasteiger partial charge in [-0.2, -0.15) is 4.39 Å². The number of aromatic nitrogens is 2. The first kappa shape index (κ1) is 6.27. The van der Waals surface area contributed by atoms with E-state index in [-0.39, 0.29) is 0 Å². The Hall–Kier alpha value is -1.45. The Labute approximate surface area is 61.9 Å². The predicted octanol–water partition coefficient (Wildman–Crippen LogP) is 1.67. The van der Waals surface area contributed by atoms with E-state index < -0.39 is 5.95 Å². The van der Waals surface area contributed by atoms with Crippen LogP contribution in [0.2, 0.25) is 0 Å². The Balaban J connectivity index is 2.82. The lowest BCUT2D eigenvalue weighted by molar-refractivity contribution is 0.549. The van der Waals surface area contributed by atoms with Gasteiger partial charge in [-0.3, -0.25) is 0 Å². The second kappa shape index (κ2) is 2.02. The molecule has 0 atom stereocenters. The smallest absolute Gasteiger partial charge is 0.216 e. The number of hydrogen-bond acceptors (Lipinski definition) is 3. The SMILES string of the molecule is Cc1nc2cnc(F)cc2o1. The molecular formula is C7H5FN2O. The van der Waals surface area contributed by atoms with Gasteiger partial charge in [0.25, 0.3) is 0 Å². The molecule has 0 aliphatic heterocycles. The Morgan fingerprint density at radius 1 is 1.55 bits per heavy atom. The summed E-state index contributed by atoms with van der Waals surface area (Å²) < 4.78 is 17.5. The van der Waals surface area contributed by atoms with Gasteiger partial charge in [-0.05, 0) is 0 Å². The van der Waals surface area contributed by atoms with E-state index in [2.05, 4.69) is 9.97 Å². The lowest BCUT2D eigenvalue weighted by atomic mass is 10.4. The maximum Gasteiger partial charge on any atom is 0.216 e. The van der Waals surface area contributed by atoms with Crippen molar-refractivity contribution in [3.05, 3.63) is 24.1 Å². The fourth-order valence-electron chi connectivity index (χ4n) is 0.923. The van der Waals surface area contributed by atoms with Crippen LogP contribution in [0.1, 0.15) is 5.89 Å². The van der Waals surface area contributed by atoms with Gasteiger partial charge in [-0.1, -0.05) is 0 Å². The third kappa shape index (κ3) is 0.960. The summed E-state index contributed by atoms with van der Waals surface area (Å²) in [4.78, 5) is 7.39. The molecule has 4 heteroatoms. The highest BCUT2D eigenvalue weighted by Crippen LogP contribution is 2.13. The van der Waals surface area contributed by atoms with E-state index in [1.54, 1.807) is 6.92 Å². The van der Waals surface area contributed by atoms with Gasteiger partial charge in [0, 0.05) is 13.0 Å². The summed E-state index contributed by atoms with van der Waals surface area (Å²) in [5.41, 5.74) is 1.03. The number of halogens is 1. The highest BCUT2D eigenvalue weighted by molar-refractivity contribution is 5.70. The van der Waals surface area contributed by atoms with Crippen molar-refractivity contribution in [2.24, 2.45) is 0 Å². The number of pyridine rings is 1. The molecule has 0 aliphatic carbocycles. The Morgan fingerprint density at radius 3 is 3.18 bits per heavy atom. The molecule has 0 fully saturated rings. The Bertz CT molecular complexity index is 396. The minimum absolute atomic E-state index is 0.440. The van der Waals surface area contributed by atoms with Crippen molar-refractivity contribution in [2.45, 2.75) is 6.92 Å². The van der Waals surface area contributed by atoms with Gasteiger partial charge in [0.2, 0.25) is 5.95 Å². The van der Waals surface area contributed by atoms with E-state index in [0.717, 1.165) is 0 Å². The van der Waals surface area contributed by atoms with Gasteiger partial charge < -0.3 is 4.42 Å². The maximum absolute atomic E-state index is 12.4. The van der Waals surface area contributed by atoms with Crippen molar-refractivity contribution < 1.29 is 8.81 Å². The quantitative estimate of drug-likeness (QED) is 0.539. The highest BCUT2D eigenvalue weighted by Gasteiger charge is 2.02. The number of rotatable bonds is 0. The lowest BCUT2D eigenvalue weighted by Crippen LogP contribution is -1.78. The Kier molecular flexibility index (Phi) is 1.15. The normalized spacial score (nSPS) is 10.7. The molecule has 0 unspecified atom stereocenters. The van der Waals surface area contributed by atoms with Crippen LogP contribution in [0.15, 0.2) is 16.7 Å². The summed E-state index contributed by atoms with van der Waals surface area (Å²) in [5.74, 6) is -0.0268. The van der Waals surface area contributed by atoms with Crippen LogP contribution in [0.3, 0.4) is 0 Å². The van der Waals surface area contributed by atoms with Crippen LogP contribution in [0.4, 0.5) is 4.39 Å². The number of aryl methyl sites for hydroxylation is 1. The molecule has 2 heterocycles. The third-order valence-corrected chi connectivity index (χ3v) is 1.35. The van der Waals surface area contributed by atoms with E-state index >= 15 is 0 Å². The van der Waals surface area contributed by atoms with Crippen LogP contribution in [-0.4, -0.2) is 9.97 Å². The van der Waals surface area contributed by atoms with Gasteiger partial charge in [0.1, 0.15) is 5.52 Å². The van der Waals surface area contributed by atoms with Crippen LogP contribution in [-0.2, 0) is 0 Å². The molecule has 11 heavy (non-hydrogen) atoms. The van der Waals surface area contributed by atoms with E-state index in [9.17, 15) is 4.39 Å². The fraction of sp³-hybridized carbons (Fsp3) is 0.143. The third-order valence-electron chi connectivity index (χ3n) is 1.35. The van der Waals surface area contributed by atoms with Crippen LogP contribution < -0.4 is 0 Å². The van der Waals surface area contributed by atoms with Crippen LogP contribution in [0.5, 0.6) is 0 Å². The molecule has 0 saturated carbocycles. The van der Waals surface area contributed by atoms with Crippen molar-refractivity contribution in [2.75, 3.05) is 0 Å². The molecule has 0 amide bonds. The van der Waals surface area contributed by atoms with Crippen LogP contribution >= 0.6 is 0 Å². The molecule has 3 nitrogen and oxygen atoms in total. The second-order valence-electron chi connectivity index (χ2n) is 2.21. The van der Waals surface area contributed by atoms with Crippen LogP contribution in [0.25, 0.3) is 11.1 Å². The predicted molar refractivity (Wildman–Crippen MR) is 36.5 cm³/mol. The van der Waals surface area contributed by atoms with Gasteiger partial charge >= 0.3 is 0 Å². The second-order valence-corrected chi connectivity index (χ2v) is 2.21. The molecular weight excluding hydrogens is 147 g/mol. The van der Waals surface area contributed by atoms with Crippen molar-refractivity contribution in [1.82, 2.24) is 9.97 Å². The first-order chi connectivity index (χ1) is 5.25. The summed E-state index contributed by atoms with van der Waals surface area (Å²) in [5, 5.41) is 0. The zero-order chi connectivity index (χ0) is 7.84. The largest absolute Gasteiger partial charge is 0.441 e. The average molecular weight is 152 g/mol. The summed E-state index contributed by atoms with van der Waals surface area (Å²) >= 11 is 0. The number of oxazole rings is 1. The van der Waals surface area contributed by atoms with E-state index in [4.69, 9.17) is 4.42 Å². The average Bonchev–Trinajstić information content (AvgIpc) is 2.27. The minimum Gasteiger partial charge on any atom is -0.441 e. The van der Waals surface area contributed by atoms with Crippen molar-refractivity contribution in [1.29, 1.82) is 0 Å². The number of hydrogen-bond donors (Lipinski definition) is 0. The molecule has 2 aromatic rings. The number of fused-ring (bicyclic) bond motifs is 1. The van der Waals surface area contributed by atoms with E-state index in [0.29, 0.717) is 17.0 Å². The first-order valence-corrected chi connectivity index (χ1v) is 3.14. The van der Waals surface area contributed by atoms with Crippen molar-refractivity contribution >= 4 is 11.1 Å². The molecule has 0 aliphatic rings. The van der Waals surface area contributed by atoms with Gasteiger partial charge in [-0.25, -0.2) is 9.97 Å². The molecule has 0 saturated heterocycles. The monoisotopic (exact) mass is 152 g/mol. The van der Waals surface area contributed by atoms with Gasteiger partial charge in [0.05, 0.1) is 6.20 Å². The minimum atomic E-state index is -0.548. The molecule has 2 rings (SSSR count). The molecule has 0 spiro atoms. The standard InChI is InChI=1S/C7H5FN2O/c1-4-10-5-3-9-7(8)2-6(5)11-4/h2-3H,1H3. The molecule has 0 N–H and O–H groups in total. The summed E-state index contributed by atoms with van der Waals surface area (Å²) in [6.07, 6.45) is 1.35. The van der Waals surface area contributed by atoms with Gasteiger partial charge in [-0.15, -0.1) is 0 Å². The Morgan fingerprint density at radius 2 is 2.36 bits per heavy atom. The molecule has 0 radical (unpaired) electrons. The number of nitrogens with zero attached hydrogens (tertiary/aromatic N) is 2. The topological polar surface area (TPSA) is 38.9 Å². The lowest BCUT2D eigenvalue weighted by Gasteiger charge is -1.83. The van der Waals surface area contributed by atoms with E-state index in [1.807, 2.05) is 0 Å². The summed E-state index contributed by atoms with van der Waals surface area (Å²) in [6, 6.07) is 1.22. The molecule has 2 aromatic heterocycles. The molecule has 56 valence electrons. The first-order valence-electron chi connectivity index (χ1n) is 3.14. The summed E-state index contributed by atoms with van der Waals surface area (Å²) in [6.45, 7) is 1.71. The highest BCUT2D eigenvalue weighted by atomic mass is 19.1. The molecule has 0 bridgehead atoms. The molecule has 0 aromatic carbocycles. The van der Waals surface area contributed by atoms with Crippen molar-refractivity contribution in [3.63, 3.8) is 0 Å². The maximum atomic E-state index is 12.4. The summed E-state index contributed by atoms with van der Waals surface area (Å²) in [7, 11) is 0. The zero-order valence-electron chi connectivity index (χ0n) is 5.84. The van der Waals surface area contributed by atoms with Gasteiger partial charge in [0.15, 0.2) is 11.5 Å². The zero-order valence-corrected chi connectivity index (χ0v) is 5.84. The van der Waals surface area contributed by atoms with E-state index in [1.165, 1.54) is 12.3 Å². The van der Waals surface area contributed by atoms with Crippen molar-refractivity contribution in [3.8, 4) is 0 Å². The van der Waals surface area contributed by atoms with Crippen LogP contribution in [0, 0.1) is 12.9 Å².